The zero-order valence-corrected chi connectivity index (χ0v) is 24.0. The molecular formula is C36H29F4NO4. The number of hydrogen-bond donors (Lipinski definition) is 0. The highest BCUT2D eigenvalue weighted by Crippen LogP contribution is 2.56. The van der Waals surface area contributed by atoms with E-state index >= 15 is 0 Å². The number of nitro groups is 1. The van der Waals surface area contributed by atoms with Crippen LogP contribution in [0.2, 0.25) is 0 Å². The van der Waals surface area contributed by atoms with Crippen LogP contribution >= 0.6 is 0 Å². The standard InChI is InChI=1S/C31H23F4NO3.C5H6O/c32-28-16-9-21(18-27(28)31(33,34)35)30(39-23-12-10-22(11-13-23)36(37)38)17-3-5-20-8-14-25-24-6-2-1-4-19(24)7-15-26(25)29(20)30;1-2-4-6-5-3-1/h1-2,4,6-16,18,20,29H,3,5,17H2;1-4H,5H2. The Bertz CT molecular complexity index is 1800. The van der Waals surface area contributed by atoms with Crippen molar-refractivity contribution >= 4 is 22.5 Å². The molecule has 3 atom stereocenters. The molecule has 3 unspecified atom stereocenters. The second kappa shape index (κ2) is 12.2. The molecule has 1 heterocycles. The summed E-state index contributed by atoms with van der Waals surface area (Å²) < 4.78 is 67.5. The molecule has 0 spiro atoms. The molecule has 7 rings (SSSR count). The van der Waals surface area contributed by atoms with Crippen LogP contribution in [0.4, 0.5) is 23.2 Å². The molecule has 0 amide bonds. The fourth-order valence-corrected chi connectivity index (χ4v) is 6.64. The maximum Gasteiger partial charge on any atom is 0.419 e. The van der Waals surface area contributed by atoms with E-state index in [9.17, 15) is 27.7 Å². The SMILES string of the molecule is C1=CCOC=C1.O=[N+]([O-])c1ccc(OC2(c3ccc(F)c(C(F)(F)F)c3)CCCC3C=Cc4c(ccc5ccccc45)C32)cc1. The molecule has 0 N–H and O–H groups in total. The van der Waals surface area contributed by atoms with Crippen molar-refractivity contribution in [3.8, 4) is 5.75 Å². The summed E-state index contributed by atoms with van der Waals surface area (Å²) in [6.45, 7) is 0.733. The highest BCUT2D eigenvalue weighted by molar-refractivity contribution is 5.93. The Morgan fingerprint density at radius 3 is 2.44 bits per heavy atom. The van der Waals surface area contributed by atoms with Crippen LogP contribution in [0.15, 0.2) is 109 Å². The Morgan fingerprint density at radius 2 is 1.78 bits per heavy atom. The summed E-state index contributed by atoms with van der Waals surface area (Å²) in [5, 5.41) is 13.3. The van der Waals surface area contributed by atoms with Crippen LogP contribution in [0.25, 0.3) is 16.8 Å². The maximum atomic E-state index is 14.4. The van der Waals surface area contributed by atoms with Crippen LogP contribution in [0, 0.1) is 21.8 Å². The number of hydrogen-bond acceptors (Lipinski definition) is 4. The van der Waals surface area contributed by atoms with Crippen molar-refractivity contribution in [2.45, 2.75) is 37.0 Å². The van der Waals surface area contributed by atoms with Crippen molar-refractivity contribution in [2.24, 2.45) is 5.92 Å². The monoisotopic (exact) mass is 615 g/mol. The molecule has 230 valence electrons. The smallest absolute Gasteiger partial charge is 0.419 e. The summed E-state index contributed by atoms with van der Waals surface area (Å²) >= 11 is 0. The van der Waals surface area contributed by atoms with Gasteiger partial charge in [0.15, 0.2) is 0 Å². The van der Waals surface area contributed by atoms with Gasteiger partial charge in [-0.3, -0.25) is 10.1 Å². The number of halogens is 4. The Balaban J connectivity index is 0.000000535. The molecule has 4 aromatic rings. The second-order valence-corrected chi connectivity index (χ2v) is 11.2. The number of nitrogens with zero attached hydrogens (tertiary/aromatic N) is 1. The van der Waals surface area contributed by atoms with E-state index in [4.69, 9.17) is 9.47 Å². The molecule has 2 aliphatic carbocycles. The van der Waals surface area contributed by atoms with Gasteiger partial charge in [-0.1, -0.05) is 60.7 Å². The number of alkyl halides is 3. The van der Waals surface area contributed by atoms with Crippen molar-refractivity contribution in [2.75, 3.05) is 6.61 Å². The van der Waals surface area contributed by atoms with Crippen molar-refractivity contribution in [1.82, 2.24) is 0 Å². The van der Waals surface area contributed by atoms with E-state index < -0.39 is 28.1 Å². The van der Waals surface area contributed by atoms with Gasteiger partial charge < -0.3 is 9.47 Å². The molecule has 0 radical (unpaired) electrons. The highest BCUT2D eigenvalue weighted by atomic mass is 19.4. The number of benzene rings is 4. The predicted octanol–water partition coefficient (Wildman–Crippen LogP) is 9.88. The third-order valence-electron chi connectivity index (χ3n) is 8.59. The van der Waals surface area contributed by atoms with E-state index in [-0.39, 0.29) is 28.8 Å². The average molecular weight is 616 g/mol. The van der Waals surface area contributed by atoms with Gasteiger partial charge in [0.25, 0.3) is 5.69 Å². The van der Waals surface area contributed by atoms with Gasteiger partial charge in [-0.2, -0.15) is 13.2 Å². The van der Waals surface area contributed by atoms with Crippen LogP contribution in [0.1, 0.15) is 47.4 Å². The number of non-ortho nitro benzene ring substituents is 1. The fourth-order valence-electron chi connectivity index (χ4n) is 6.64. The first kappa shape index (κ1) is 30.1. The minimum atomic E-state index is -4.89. The molecule has 0 saturated heterocycles. The quantitative estimate of drug-likeness (QED) is 0.130. The van der Waals surface area contributed by atoms with E-state index in [0.717, 1.165) is 47.1 Å². The first-order valence-corrected chi connectivity index (χ1v) is 14.6. The second-order valence-electron chi connectivity index (χ2n) is 11.2. The largest absolute Gasteiger partial charge is 0.497 e. The van der Waals surface area contributed by atoms with E-state index in [1.807, 2.05) is 54.6 Å². The van der Waals surface area contributed by atoms with Crippen LogP contribution in [0.3, 0.4) is 0 Å². The lowest BCUT2D eigenvalue weighted by Gasteiger charge is -2.49. The van der Waals surface area contributed by atoms with Crippen LogP contribution < -0.4 is 4.74 Å². The zero-order valence-electron chi connectivity index (χ0n) is 24.0. The highest BCUT2D eigenvalue weighted by Gasteiger charge is 2.51. The molecule has 1 saturated carbocycles. The Labute approximate surface area is 257 Å². The molecule has 1 fully saturated rings. The molecule has 45 heavy (non-hydrogen) atoms. The van der Waals surface area contributed by atoms with Gasteiger partial charge in [-0.15, -0.1) is 0 Å². The van der Waals surface area contributed by atoms with E-state index in [1.54, 1.807) is 6.26 Å². The minimum absolute atomic E-state index is 0.0372. The van der Waals surface area contributed by atoms with Crippen molar-refractivity contribution in [3.63, 3.8) is 0 Å². The molecular weight excluding hydrogens is 586 g/mol. The molecule has 0 aromatic heterocycles. The summed E-state index contributed by atoms with van der Waals surface area (Å²) in [6, 6.07) is 20.5. The first-order chi connectivity index (χ1) is 21.7. The summed E-state index contributed by atoms with van der Waals surface area (Å²) in [4.78, 5) is 10.7. The summed E-state index contributed by atoms with van der Waals surface area (Å²) in [5.41, 5.74) is -0.616. The lowest BCUT2D eigenvalue weighted by Crippen LogP contribution is -2.46. The third-order valence-corrected chi connectivity index (χ3v) is 8.59. The number of rotatable bonds is 4. The van der Waals surface area contributed by atoms with Crippen molar-refractivity contribution in [1.29, 1.82) is 0 Å². The number of fused-ring (bicyclic) bond motifs is 5. The molecule has 1 aliphatic heterocycles. The van der Waals surface area contributed by atoms with E-state index in [2.05, 4.69) is 12.2 Å². The summed E-state index contributed by atoms with van der Waals surface area (Å²) in [6.07, 6.45) is 8.62. The van der Waals surface area contributed by atoms with Gasteiger partial charge in [0.2, 0.25) is 0 Å². The lowest BCUT2D eigenvalue weighted by atomic mass is 9.60. The predicted molar refractivity (Wildman–Crippen MR) is 164 cm³/mol. The van der Waals surface area contributed by atoms with Crippen LogP contribution in [0.5, 0.6) is 5.75 Å². The van der Waals surface area contributed by atoms with Gasteiger partial charge in [-0.25, -0.2) is 4.39 Å². The molecule has 0 bridgehead atoms. The Kier molecular flexibility index (Phi) is 8.18. The number of allylic oxidation sites excluding steroid dienone is 3. The van der Waals surface area contributed by atoms with Gasteiger partial charge >= 0.3 is 6.18 Å². The third kappa shape index (κ3) is 5.94. The van der Waals surface area contributed by atoms with Gasteiger partial charge in [0.05, 0.1) is 16.7 Å². The summed E-state index contributed by atoms with van der Waals surface area (Å²) in [5.74, 6) is -1.47. The maximum absolute atomic E-state index is 14.4. The average Bonchev–Trinajstić information content (AvgIpc) is 3.05. The van der Waals surface area contributed by atoms with Crippen molar-refractivity contribution < 1.29 is 32.0 Å². The van der Waals surface area contributed by atoms with Crippen LogP contribution in [-0.4, -0.2) is 11.5 Å². The van der Waals surface area contributed by atoms with E-state index in [0.29, 0.717) is 12.8 Å². The topological polar surface area (TPSA) is 61.6 Å². The number of ether oxygens (including phenoxy) is 2. The summed E-state index contributed by atoms with van der Waals surface area (Å²) in [7, 11) is 0. The van der Waals surface area contributed by atoms with Crippen molar-refractivity contribution in [3.05, 3.63) is 148 Å². The van der Waals surface area contributed by atoms with Crippen LogP contribution in [-0.2, 0) is 16.5 Å². The molecule has 3 aliphatic rings. The minimum Gasteiger partial charge on any atom is -0.497 e. The van der Waals surface area contributed by atoms with Gasteiger partial charge in [0.1, 0.15) is 23.8 Å². The Hall–Kier alpha value is -4.92. The van der Waals surface area contributed by atoms with E-state index in [1.165, 1.54) is 30.3 Å². The zero-order chi connectivity index (χ0) is 31.6. The Morgan fingerprint density at radius 1 is 0.978 bits per heavy atom. The first-order valence-electron chi connectivity index (χ1n) is 14.6. The lowest BCUT2D eigenvalue weighted by molar-refractivity contribution is -0.384. The molecule has 5 nitrogen and oxygen atoms in total. The van der Waals surface area contributed by atoms with Gasteiger partial charge in [0, 0.05) is 18.1 Å². The number of nitro benzene ring substituents is 1. The molecule has 9 heteroatoms. The van der Waals surface area contributed by atoms with Gasteiger partial charge in [-0.05, 0) is 89.1 Å². The molecule has 4 aromatic carbocycles. The normalized spacial score (nSPS) is 21.6. The fraction of sp³-hybridized carbons (Fsp3) is 0.222.